The molecular weight excluding hydrogens is 334 g/mol. The monoisotopic (exact) mass is 351 g/mol. The second-order valence-electron chi connectivity index (χ2n) is 6.05. The van der Waals surface area contributed by atoms with Gasteiger partial charge in [0.15, 0.2) is 0 Å². The van der Waals surface area contributed by atoms with E-state index < -0.39 is 16.1 Å². The second-order valence-corrected chi connectivity index (χ2v) is 7.84. The van der Waals surface area contributed by atoms with Crippen molar-refractivity contribution >= 4 is 31.8 Å². The van der Waals surface area contributed by atoms with Crippen molar-refractivity contribution in [1.29, 1.82) is 0 Å². The summed E-state index contributed by atoms with van der Waals surface area (Å²) in [5.41, 5.74) is 1.88. The maximum Gasteiger partial charge on any atom is 0.268 e. The molecule has 126 valence electrons. The molecule has 0 radical (unpaired) electrons. The first-order valence-electron chi connectivity index (χ1n) is 8.02. The SMILES string of the molecule is CC(O)c1ccc2c3ccccc3n(S(=O)(=O)c3ccccc3)c2c1. The number of nitrogens with zero attached hydrogens (tertiary/aromatic N) is 1. The largest absolute Gasteiger partial charge is 0.389 e. The lowest BCUT2D eigenvalue weighted by Crippen LogP contribution is -2.12. The maximum absolute atomic E-state index is 13.3. The van der Waals surface area contributed by atoms with E-state index in [0.717, 1.165) is 10.8 Å². The molecule has 1 N–H and O–H groups in total. The molecule has 0 aliphatic heterocycles. The van der Waals surface area contributed by atoms with Crippen LogP contribution >= 0.6 is 0 Å². The Morgan fingerprint density at radius 2 is 1.48 bits per heavy atom. The number of hydrogen-bond acceptors (Lipinski definition) is 3. The summed E-state index contributed by atoms with van der Waals surface area (Å²) in [5.74, 6) is 0. The molecule has 0 aliphatic rings. The maximum atomic E-state index is 13.3. The molecule has 0 amide bonds. The number of fused-ring (bicyclic) bond motifs is 3. The topological polar surface area (TPSA) is 59.3 Å². The lowest BCUT2D eigenvalue weighted by molar-refractivity contribution is 0.199. The normalized spacial score (nSPS) is 13.4. The van der Waals surface area contributed by atoms with Gasteiger partial charge in [-0.25, -0.2) is 12.4 Å². The third kappa shape index (κ3) is 2.44. The zero-order valence-corrected chi connectivity index (χ0v) is 14.4. The Morgan fingerprint density at radius 3 is 2.20 bits per heavy atom. The lowest BCUT2D eigenvalue weighted by Gasteiger charge is -2.10. The van der Waals surface area contributed by atoms with Crippen LogP contribution in [0.25, 0.3) is 21.8 Å². The Balaban J connectivity index is 2.15. The van der Waals surface area contributed by atoms with Gasteiger partial charge >= 0.3 is 0 Å². The highest BCUT2D eigenvalue weighted by molar-refractivity contribution is 7.90. The number of aliphatic hydroxyl groups is 1. The second kappa shape index (κ2) is 5.72. The minimum absolute atomic E-state index is 0.236. The minimum Gasteiger partial charge on any atom is -0.389 e. The van der Waals surface area contributed by atoms with E-state index in [0.29, 0.717) is 16.6 Å². The summed E-state index contributed by atoms with van der Waals surface area (Å²) < 4.78 is 28.0. The molecule has 4 nitrogen and oxygen atoms in total. The van der Waals surface area contributed by atoms with Gasteiger partial charge in [-0.2, -0.15) is 0 Å². The smallest absolute Gasteiger partial charge is 0.268 e. The Bertz CT molecular complexity index is 1180. The van der Waals surface area contributed by atoms with Crippen LogP contribution in [-0.2, 0) is 10.0 Å². The van der Waals surface area contributed by atoms with Crippen LogP contribution in [0, 0.1) is 0 Å². The van der Waals surface area contributed by atoms with Crippen LogP contribution in [0.4, 0.5) is 0 Å². The Morgan fingerprint density at radius 1 is 0.840 bits per heavy atom. The minimum atomic E-state index is -3.76. The van der Waals surface area contributed by atoms with Crippen molar-refractivity contribution in [3.63, 3.8) is 0 Å². The average Bonchev–Trinajstić information content (AvgIpc) is 2.96. The molecule has 4 rings (SSSR count). The molecule has 0 saturated carbocycles. The molecule has 4 aromatic rings. The van der Waals surface area contributed by atoms with Gasteiger partial charge in [0.1, 0.15) is 0 Å². The molecule has 0 saturated heterocycles. The first-order chi connectivity index (χ1) is 12.0. The molecule has 3 aromatic carbocycles. The zero-order valence-electron chi connectivity index (χ0n) is 13.6. The standard InChI is InChI=1S/C20H17NO3S/c1-14(22)15-11-12-18-17-9-5-6-10-19(17)21(20(18)13-15)25(23,24)16-7-3-2-4-8-16/h2-14,22H,1H3. The molecule has 0 spiro atoms. The van der Waals surface area contributed by atoms with E-state index in [2.05, 4.69) is 0 Å². The molecule has 1 unspecified atom stereocenters. The zero-order chi connectivity index (χ0) is 17.6. The first kappa shape index (κ1) is 15.9. The lowest BCUT2D eigenvalue weighted by atomic mass is 10.1. The fraction of sp³-hybridized carbons (Fsp3) is 0.100. The summed E-state index contributed by atoms with van der Waals surface area (Å²) in [6, 6.07) is 21.3. The molecule has 1 aromatic heterocycles. The van der Waals surface area contributed by atoms with Crippen molar-refractivity contribution in [2.24, 2.45) is 0 Å². The van der Waals surface area contributed by atoms with Gasteiger partial charge in [0, 0.05) is 10.8 Å². The van der Waals surface area contributed by atoms with Crippen LogP contribution in [0.15, 0.2) is 77.7 Å². The van der Waals surface area contributed by atoms with E-state index in [1.807, 2.05) is 30.3 Å². The van der Waals surface area contributed by atoms with Crippen LogP contribution in [0.2, 0.25) is 0 Å². The van der Waals surface area contributed by atoms with Gasteiger partial charge in [-0.05, 0) is 36.8 Å². The summed E-state index contributed by atoms with van der Waals surface area (Å²) in [5, 5.41) is 11.6. The van der Waals surface area contributed by atoms with Crippen molar-refractivity contribution < 1.29 is 13.5 Å². The predicted octanol–water partition coefficient (Wildman–Crippen LogP) is 4.08. The fourth-order valence-electron chi connectivity index (χ4n) is 3.17. The van der Waals surface area contributed by atoms with Crippen LogP contribution in [-0.4, -0.2) is 17.5 Å². The van der Waals surface area contributed by atoms with Gasteiger partial charge < -0.3 is 5.11 Å². The van der Waals surface area contributed by atoms with Gasteiger partial charge in [0.25, 0.3) is 10.0 Å². The van der Waals surface area contributed by atoms with Crippen LogP contribution in [0.5, 0.6) is 0 Å². The van der Waals surface area contributed by atoms with E-state index in [9.17, 15) is 13.5 Å². The molecule has 0 fully saturated rings. The first-order valence-corrected chi connectivity index (χ1v) is 9.46. The summed E-state index contributed by atoms with van der Waals surface area (Å²) in [6.07, 6.45) is -0.671. The Kier molecular flexibility index (Phi) is 3.63. The average molecular weight is 351 g/mol. The van der Waals surface area contributed by atoms with E-state index in [1.165, 1.54) is 3.97 Å². The summed E-state index contributed by atoms with van der Waals surface area (Å²) in [6.45, 7) is 1.67. The van der Waals surface area contributed by atoms with E-state index >= 15 is 0 Å². The third-order valence-corrected chi connectivity index (χ3v) is 6.16. The summed E-state index contributed by atoms with van der Waals surface area (Å²) in [7, 11) is -3.76. The summed E-state index contributed by atoms with van der Waals surface area (Å²) in [4.78, 5) is 0.236. The molecule has 0 aliphatic carbocycles. The highest BCUT2D eigenvalue weighted by atomic mass is 32.2. The number of aromatic nitrogens is 1. The van der Waals surface area contributed by atoms with Gasteiger partial charge in [-0.1, -0.05) is 48.5 Å². The van der Waals surface area contributed by atoms with Crippen molar-refractivity contribution in [3.8, 4) is 0 Å². The quantitative estimate of drug-likeness (QED) is 0.605. The van der Waals surface area contributed by atoms with Gasteiger partial charge in [-0.15, -0.1) is 0 Å². The molecule has 25 heavy (non-hydrogen) atoms. The number of para-hydroxylation sites is 1. The summed E-state index contributed by atoms with van der Waals surface area (Å²) >= 11 is 0. The molecule has 1 heterocycles. The predicted molar refractivity (Wildman–Crippen MR) is 99.1 cm³/mol. The third-order valence-electron chi connectivity index (χ3n) is 4.42. The van der Waals surface area contributed by atoms with Crippen molar-refractivity contribution in [2.75, 3.05) is 0 Å². The van der Waals surface area contributed by atoms with Crippen LogP contribution in [0.3, 0.4) is 0 Å². The molecular formula is C20H17NO3S. The van der Waals surface area contributed by atoms with Crippen molar-refractivity contribution in [1.82, 2.24) is 3.97 Å². The van der Waals surface area contributed by atoms with E-state index in [1.54, 1.807) is 49.4 Å². The van der Waals surface area contributed by atoms with E-state index in [4.69, 9.17) is 0 Å². The van der Waals surface area contributed by atoms with Crippen LogP contribution in [0.1, 0.15) is 18.6 Å². The Labute approximate surface area is 146 Å². The van der Waals surface area contributed by atoms with Gasteiger partial charge in [0.2, 0.25) is 0 Å². The van der Waals surface area contributed by atoms with Crippen molar-refractivity contribution in [3.05, 3.63) is 78.4 Å². The van der Waals surface area contributed by atoms with Crippen molar-refractivity contribution in [2.45, 2.75) is 17.9 Å². The number of benzene rings is 3. The van der Waals surface area contributed by atoms with Crippen LogP contribution < -0.4 is 0 Å². The number of rotatable bonds is 3. The van der Waals surface area contributed by atoms with Gasteiger partial charge in [0.05, 0.1) is 22.0 Å². The number of hydrogen-bond donors (Lipinski definition) is 1. The highest BCUT2D eigenvalue weighted by Crippen LogP contribution is 2.33. The molecule has 1 atom stereocenters. The Hall–Kier alpha value is -2.63. The fourth-order valence-corrected chi connectivity index (χ4v) is 4.71. The number of aliphatic hydroxyl groups excluding tert-OH is 1. The molecule has 0 bridgehead atoms. The molecule has 5 heteroatoms. The highest BCUT2D eigenvalue weighted by Gasteiger charge is 2.23. The van der Waals surface area contributed by atoms with Gasteiger partial charge in [-0.3, -0.25) is 0 Å². The van der Waals surface area contributed by atoms with E-state index in [-0.39, 0.29) is 4.90 Å².